The summed E-state index contributed by atoms with van der Waals surface area (Å²) in [5.41, 5.74) is 8.15. The maximum Gasteiger partial charge on any atom is 0.180 e. The van der Waals surface area contributed by atoms with E-state index in [1.165, 1.54) is 16.1 Å². The molecule has 0 saturated carbocycles. The second kappa shape index (κ2) is 6.94. The molecule has 2 N–H and O–H groups in total. The zero-order valence-electron chi connectivity index (χ0n) is 12.8. The van der Waals surface area contributed by atoms with E-state index in [1.54, 1.807) is 18.4 Å². The summed E-state index contributed by atoms with van der Waals surface area (Å²) in [6.45, 7) is 3.07. The zero-order valence-corrected chi connectivity index (χ0v) is 13.6. The van der Waals surface area contributed by atoms with Crippen molar-refractivity contribution < 1.29 is 4.74 Å². The highest BCUT2D eigenvalue weighted by molar-refractivity contribution is 7.15. The Bertz CT molecular complexity index is 640. The summed E-state index contributed by atoms with van der Waals surface area (Å²) in [6.07, 6.45) is 6.42. The number of benzene rings is 1. The maximum atomic E-state index is 5.78. The third kappa shape index (κ3) is 3.67. The van der Waals surface area contributed by atoms with E-state index in [0.29, 0.717) is 5.13 Å². The molecule has 4 nitrogen and oxygen atoms in total. The molecule has 1 aliphatic heterocycles. The number of hydrogen-bond donors (Lipinski definition) is 1. The molecule has 0 saturated heterocycles. The van der Waals surface area contributed by atoms with Crippen molar-refractivity contribution in [3.05, 3.63) is 46.5 Å². The summed E-state index contributed by atoms with van der Waals surface area (Å²) in [4.78, 5) is 8.25. The highest BCUT2D eigenvalue weighted by Gasteiger charge is 2.16. The van der Waals surface area contributed by atoms with Crippen LogP contribution >= 0.6 is 11.3 Å². The van der Waals surface area contributed by atoms with E-state index in [4.69, 9.17) is 10.5 Å². The van der Waals surface area contributed by atoms with E-state index >= 15 is 0 Å². The van der Waals surface area contributed by atoms with Crippen LogP contribution in [-0.4, -0.2) is 36.6 Å². The fraction of sp³-hybridized carbons (Fsp3) is 0.353. The first-order valence-electron chi connectivity index (χ1n) is 7.51. The van der Waals surface area contributed by atoms with Crippen molar-refractivity contribution >= 4 is 22.5 Å². The Labute approximate surface area is 135 Å². The SMILES string of the molecule is COc1cccc(/C=C/CN2CCc3nc(N)sc3CC2)c1. The van der Waals surface area contributed by atoms with Gasteiger partial charge in [0, 0.05) is 30.9 Å². The Morgan fingerprint density at radius 3 is 3.09 bits per heavy atom. The van der Waals surface area contributed by atoms with Gasteiger partial charge < -0.3 is 10.5 Å². The smallest absolute Gasteiger partial charge is 0.180 e. The van der Waals surface area contributed by atoms with Crippen LogP contribution in [0.15, 0.2) is 30.3 Å². The largest absolute Gasteiger partial charge is 0.497 e. The number of anilines is 1. The molecule has 116 valence electrons. The van der Waals surface area contributed by atoms with Crippen LogP contribution in [0.1, 0.15) is 16.1 Å². The van der Waals surface area contributed by atoms with E-state index in [1.807, 2.05) is 18.2 Å². The van der Waals surface area contributed by atoms with Crippen molar-refractivity contribution in [1.82, 2.24) is 9.88 Å². The molecule has 0 spiro atoms. The molecule has 2 aromatic rings. The van der Waals surface area contributed by atoms with Crippen LogP contribution in [0.25, 0.3) is 6.08 Å². The molecule has 1 aromatic heterocycles. The summed E-state index contributed by atoms with van der Waals surface area (Å²) < 4.78 is 5.24. The lowest BCUT2D eigenvalue weighted by molar-refractivity contribution is 0.318. The molecule has 3 rings (SSSR count). The zero-order chi connectivity index (χ0) is 15.4. The number of nitrogens with two attached hydrogens (primary N) is 1. The highest BCUT2D eigenvalue weighted by Crippen LogP contribution is 2.24. The third-order valence-electron chi connectivity index (χ3n) is 3.88. The Hall–Kier alpha value is -1.85. The number of nitrogens with zero attached hydrogens (tertiary/aromatic N) is 2. The van der Waals surface area contributed by atoms with E-state index in [-0.39, 0.29) is 0 Å². The van der Waals surface area contributed by atoms with E-state index < -0.39 is 0 Å². The van der Waals surface area contributed by atoms with Gasteiger partial charge in [-0.1, -0.05) is 24.3 Å². The van der Waals surface area contributed by atoms with Crippen LogP contribution in [-0.2, 0) is 12.8 Å². The molecule has 0 bridgehead atoms. The quantitative estimate of drug-likeness (QED) is 0.942. The van der Waals surface area contributed by atoms with Crippen LogP contribution in [0.3, 0.4) is 0 Å². The predicted molar refractivity (Wildman–Crippen MR) is 92.4 cm³/mol. The Kier molecular flexibility index (Phi) is 4.75. The minimum Gasteiger partial charge on any atom is -0.497 e. The average molecular weight is 315 g/mol. The highest BCUT2D eigenvalue weighted by atomic mass is 32.1. The number of methoxy groups -OCH3 is 1. The van der Waals surface area contributed by atoms with Crippen molar-refractivity contribution in [3.63, 3.8) is 0 Å². The number of hydrogen-bond acceptors (Lipinski definition) is 5. The van der Waals surface area contributed by atoms with Crippen LogP contribution < -0.4 is 10.5 Å². The molecule has 2 heterocycles. The molecule has 0 fully saturated rings. The number of nitrogen functional groups attached to an aromatic ring is 1. The fourth-order valence-electron chi connectivity index (χ4n) is 2.70. The number of rotatable bonds is 4. The first-order chi connectivity index (χ1) is 10.7. The fourth-order valence-corrected chi connectivity index (χ4v) is 3.56. The van der Waals surface area contributed by atoms with Gasteiger partial charge in [0.05, 0.1) is 12.8 Å². The van der Waals surface area contributed by atoms with Crippen LogP contribution in [0, 0.1) is 0 Å². The summed E-state index contributed by atoms with van der Waals surface area (Å²) in [6, 6.07) is 8.11. The third-order valence-corrected chi connectivity index (χ3v) is 4.87. The molecule has 0 unspecified atom stereocenters. The molecule has 0 atom stereocenters. The Morgan fingerprint density at radius 2 is 2.23 bits per heavy atom. The van der Waals surface area contributed by atoms with Gasteiger partial charge in [0.2, 0.25) is 0 Å². The predicted octanol–water partition coefficient (Wildman–Crippen LogP) is 2.85. The van der Waals surface area contributed by atoms with Crippen LogP contribution in [0.2, 0.25) is 0 Å². The lowest BCUT2D eigenvalue weighted by Crippen LogP contribution is -2.26. The molecule has 1 aliphatic rings. The molecule has 0 amide bonds. The normalized spacial score (nSPS) is 15.7. The monoisotopic (exact) mass is 315 g/mol. The van der Waals surface area contributed by atoms with Gasteiger partial charge >= 0.3 is 0 Å². The summed E-state index contributed by atoms with van der Waals surface area (Å²) in [7, 11) is 1.69. The summed E-state index contributed by atoms with van der Waals surface area (Å²) in [5.74, 6) is 0.894. The molecule has 0 aliphatic carbocycles. The number of ether oxygens (including phenoxy) is 1. The van der Waals surface area contributed by atoms with Gasteiger partial charge in [-0.3, -0.25) is 4.90 Å². The first kappa shape index (κ1) is 15.1. The van der Waals surface area contributed by atoms with Crippen molar-refractivity contribution in [2.24, 2.45) is 0 Å². The molecule has 5 heteroatoms. The second-order valence-electron chi connectivity index (χ2n) is 5.40. The van der Waals surface area contributed by atoms with Crippen molar-refractivity contribution in [1.29, 1.82) is 0 Å². The van der Waals surface area contributed by atoms with Gasteiger partial charge in [0.15, 0.2) is 5.13 Å². The lowest BCUT2D eigenvalue weighted by Gasteiger charge is -2.17. The lowest BCUT2D eigenvalue weighted by atomic mass is 10.2. The van der Waals surface area contributed by atoms with Crippen LogP contribution in [0.4, 0.5) is 5.13 Å². The number of fused-ring (bicyclic) bond motifs is 1. The minimum atomic E-state index is 0.705. The van der Waals surface area contributed by atoms with Gasteiger partial charge in [-0.15, -0.1) is 11.3 Å². The van der Waals surface area contributed by atoms with Crippen molar-refractivity contribution in [3.8, 4) is 5.75 Å². The Balaban J connectivity index is 1.56. The van der Waals surface area contributed by atoms with Crippen molar-refractivity contribution in [2.75, 3.05) is 32.5 Å². The molecule has 22 heavy (non-hydrogen) atoms. The van der Waals surface area contributed by atoms with Crippen LogP contribution in [0.5, 0.6) is 5.75 Å². The molecular weight excluding hydrogens is 294 g/mol. The second-order valence-corrected chi connectivity index (χ2v) is 6.52. The van der Waals surface area contributed by atoms with Gasteiger partial charge in [-0.05, 0) is 24.1 Å². The number of aromatic nitrogens is 1. The Morgan fingerprint density at radius 1 is 1.36 bits per heavy atom. The molecule has 0 radical (unpaired) electrons. The minimum absolute atomic E-state index is 0.705. The average Bonchev–Trinajstić information content (AvgIpc) is 2.79. The van der Waals surface area contributed by atoms with Gasteiger partial charge in [0.1, 0.15) is 5.75 Å². The molecule has 1 aromatic carbocycles. The van der Waals surface area contributed by atoms with Gasteiger partial charge in [-0.25, -0.2) is 4.98 Å². The van der Waals surface area contributed by atoms with E-state index in [2.05, 4.69) is 28.1 Å². The number of thiazole rings is 1. The van der Waals surface area contributed by atoms with E-state index in [9.17, 15) is 0 Å². The summed E-state index contributed by atoms with van der Waals surface area (Å²) >= 11 is 1.64. The van der Waals surface area contributed by atoms with Gasteiger partial charge in [-0.2, -0.15) is 0 Å². The van der Waals surface area contributed by atoms with Crippen molar-refractivity contribution in [2.45, 2.75) is 12.8 Å². The molecular formula is C17H21N3OS. The van der Waals surface area contributed by atoms with E-state index in [0.717, 1.165) is 38.2 Å². The summed E-state index contributed by atoms with van der Waals surface area (Å²) in [5, 5.41) is 0.705. The maximum absolute atomic E-state index is 5.78. The first-order valence-corrected chi connectivity index (χ1v) is 8.33. The van der Waals surface area contributed by atoms with Gasteiger partial charge in [0.25, 0.3) is 0 Å². The topological polar surface area (TPSA) is 51.4 Å². The standard InChI is InChI=1S/C17H21N3OS/c1-21-14-6-2-4-13(12-14)5-3-9-20-10-7-15-16(8-11-20)22-17(18)19-15/h2-6,12H,7-11H2,1H3,(H2,18,19)/b5-3+.